The molecule has 0 radical (unpaired) electrons. The van der Waals surface area contributed by atoms with Crippen molar-refractivity contribution in [2.75, 3.05) is 7.11 Å². The van der Waals surface area contributed by atoms with Gasteiger partial charge in [-0.2, -0.15) is 0 Å². The SMILES string of the molecule is COc1ccccc1OCc1cccc(C(N)=O)c1. The monoisotopic (exact) mass is 257 g/mol. The van der Waals surface area contributed by atoms with Gasteiger partial charge in [-0.3, -0.25) is 4.79 Å². The third-order valence-corrected chi connectivity index (χ3v) is 2.67. The predicted octanol–water partition coefficient (Wildman–Crippen LogP) is 2.37. The van der Waals surface area contributed by atoms with Crippen LogP contribution in [0.3, 0.4) is 0 Å². The molecule has 2 aromatic rings. The van der Waals surface area contributed by atoms with Crippen molar-refractivity contribution in [2.24, 2.45) is 5.73 Å². The van der Waals surface area contributed by atoms with Crippen molar-refractivity contribution >= 4 is 5.91 Å². The second kappa shape index (κ2) is 5.91. The quantitative estimate of drug-likeness (QED) is 0.894. The molecule has 0 spiro atoms. The van der Waals surface area contributed by atoms with Gasteiger partial charge in [0.05, 0.1) is 7.11 Å². The Bertz CT molecular complexity index is 581. The van der Waals surface area contributed by atoms with Crippen molar-refractivity contribution in [2.45, 2.75) is 6.61 Å². The van der Waals surface area contributed by atoms with Crippen LogP contribution in [0.2, 0.25) is 0 Å². The van der Waals surface area contributed by atoms with Crippen LogP contribution in [-0.2, 0) is 6.61 Å². The lowest BCUT2D eigenvalue weighted by atomic mass is 10.1. The number of benzene rings is 2. The van der Waals surface area contributed by atoms with Crippen LogP contribution >= 0.6 is 0 Å². The smallest absolute Gasteiger partial charge is 0.248 e. The van der Waals surface area contributed by atoms with Crippen LogP contribution in [0, 0.1) is 0 Å². The minimum Gasteiger partial charge on any atom is -0.493 e. The van der Waals surface area contributed by atoms with Gasteiger partial charge in [0, 0.05) is 5.56 Å². The van der Waals surface area contributed by atoms with Gasteiger partial charge in [0.25, 0.3) is 0 Å². The van der Waals surface area contributed by atoms with E-state index in [-0.39, 0.29) is 0 Å². The molecule has 2 aromatic carbocycles. The number of nitrogens with two attached hydrogens (primary N) is 1. The van der Waals surface area contributed by atoms with Crippen molar-refractivity contribution in [3.8, 4) is 11.5 Å². The lowest BCUT2D eigenvalue weighted by Gasteiger charge is -2.10. The Morgan fingerprint density at radius 1 is 1.11 bits per heavy atom. The predicted molar refractivity (Wildman–Crippen MR) is 72.3 cm³/mol. The summed E-state index contributed by atoms with van der Waals surface area (Å²) in [6.07, 6.45) is 0. The maximum Gasteiger partial charge on any atom is 0.248 e. The van der Waals surface area contributed by atoms with E-state index in [1.807, 2.05) is 30.3 Å². The van der Waals surface area contributed by atoms with Gasteiger partial charge in [-0.05, 0) is 29.8 Å². The maximum atomic E-state index is 11.1. The molecular weight excluding hydrogens is 242 g/mol. The average Bonchev–Trinajstić information content (AvgIpc) is 2.45. The highest BCUT2D eigenvalue weighted by atomic mass is 16.5. The van der Waals surface area contributed by atoms with Crippen molar-refractivity contribution in [3.63, 3.8) is 0 Å². The summed E-state index contributed by atoms with van der Waals surface area (Å²) in [6, 6.07) is 14.5. The molecule has 0 aromatic heterocycles. The molecule has 4 nitrogen and oxygen atoms in total. The van der Waals surface area contributed by atoms with Crippen molar-refractivity contribution < 1.29 is 14.3 Å². The molecule has 0 aliphatic heterocycles. The van der Waals surface area contributed by atoms with Crippen molar-refractivity contribution in [1.29, 1.82) is 0 Å². The lowest BCUT2D eigenvalue weighted by Crippen LogP contribution is -2.11. The number of amides is 1. The Balaban J connectivity index is 2.10. The van der Waals surface area contributed by atoms with E-state index in [0.717, 1.165) is 5.56 Å². The van der Waals surface area contributed by atoms with E-state index in [0.29, 0.717) is 23.7 Å². The molecule has 0 aliphatic rings. The van der Waals surface area contributed by atoms with Crippen LogP contribution in [0.4, 0.5) is 0 Å². The fourth-order valence-corrected chi connectivity index (χ4v) is 1.71. The Labute approximate surface area is 111 Å². The average molecular weight is 257 g/mol. The van der Waals surface area contributed by atoms with Crippen LogP contribution < -0.4 is 15.2 Å². The van der Waals surface area contributed by atoms with Gasteiger partial charge in [-0.1, -0.05) is 24.3 Å². The Morgan fingerprint density at radius 2 is 1.84 bits per heavy atom. The maximum absolute atomic E-state index is 11.1. The number of hydrogen-bond acceptors (Lipinski definition) is 3. The summed E-state index contributed by atoms with van der Waals surface area (Å²) in [4.78, 5) is 11.1. The fraction of sp³-hybridized carbons (Fsp3) is 0.133. The van der Waals surface area contributed by atoms with Gasteiger partial charge in [0.15, 0.2) is 11.5 Å². The molecular formula is C15H15NO3. The number of primary amides is 1. The number of carbonyl (C=O) groups is 1. The molecule has 0 saturated carbocycles. The standard InChI is InChI=1S/C15H15NO3/c1-18-13-7-2-3-8-14(13)19-10-11-5-4-6-12(9-11)15(16)17/h2-9H,10H2,1H3,(H2,16,17). The first kappa shape index (κ1) is 13.0. The number of rotatable bonds is 5. The largest absolute Gasteiger partial charge is 0.493 e. The summed E-state index contributed by atoms with van der Waals surface area (Å²) in [7, 11) is 1.59. The molecule has 0 heterocycles. The zero-order valence-electron chi connectivity index (χ0n) is 10.6. The molecule has 0 unspecified atom stereocenters. The summed E-state index contributed by atoms with van der Waals surface area (Å²) in [5.74, 6) is 0.891. The van der Waals surface area contributed by atoms with Gasteiger partial charge in [0.1, 0.15) is 6.61 Å². The topological polar surface area (TPSA) is 61.6 Å². The summed E-state index contributed by atoms with van der Waals surface area (Å²) in [5, 5.41) is 0. The first-order valence-electron chi connectivity index (χ1n) is 5.85. The highest BCUT2D eigenvalue weighted by Gasteiger charge is 2.05. The number of para-hydroxylation sites is 2. The molecule has 0 saturated heterocycles. The molecule has 1 amide bonds. The van der Waals surface area contributed by atoms with Crippen LogP contribution in [0.1, 0.15) is 15.9 Å². The highest BCUT2D eigenvalue weighted by Crippen LogP contribution is 2.26. The molecule has 19 heavy (non-hydrogen) atoms. The van der Waals surface area contributed by atoms with Crippen LogP contribution in [0.5, 0.6) is 11.5 Å². The minimum absolute atomic E-state index is 0.349. The molecule has 0 aliphatic carbocycles. The molecule has 4 heteroatoms. The van der Waals surface area contributed by atoms with Gasteiger partial charge in [0.2, 0.25) is 5.91 Å². The molecule has 2 N–H and O–H groups in total. The minimum atomic E-state index is -0.445. The van der Waals surface area contributed by atoms with E-state index in [1.54, 1.807) is 25.3 Å². The number of ether oxygens (including phenoxy) is 2. The second-order valence-corrected chi connectivity index (χ2v) is 4.00. The van der Waals surface area contributed by atoms with Crippen LogP contribution in [-0.4, -0.2) is 13.0 Å². The Hall–Kier alpha value is -2.49. The zero-order valence-corrected chi connectivity index (χ0v) is 10.6. The van der Waals surface area contributed by atoms with Gasteiger partial charge in [-0.25, -0.2) is 0 Å². The van der Waals surface area contributed by atoms with E-state index in [2.05, 4.69) is 0 Å². The van der Waals surface area contributed by atoms with Crippen molar-refractivity contribution in [3.05, 3.63) is 59.7 Å². The second-order valence-electron chi connectivity index (χ2n) is 4.00. The van der Waals surface area contributed by atoms with E-state index in [1.165, 1.54) is 0 Å². The van der Waals surface area contributed by atoms with Crippen molar-refractivity contribution in [1.82, 2.24) is 0 Å². The van der Waals surface area contributed by atoms with E-state index in [9.17, 15) is 4.79 Å². The lowest BCUT2D eigenvalue weighted by molar-refractivity contribution is 0.1000. The van der Waals surface area contributed by atoms with Gasteiger partial charge >= 0.3 is 0 Å². The Kier molecular flexibility index (Phi) is 4.03. The van der Waals surface area contributed by atoms with E-state index < -0.39 is 5.91 Å². The molecule has 0 fully saturated rings. The van der Waals surface area contributed by atoms with E-state index in [4.69, 9.17) is 15.2 Å². The molecule has 0 atom stereocenters. The summed E-state index contributed by atoms with van der Waals surface area (Å²) >= 11 is 0. The zero-order chi connectivity index (χ0) is 13.7. The first-order chi connectivity index (χ1) is 9.20. The summed E-state index contributed by atoms with van der Waals surface area (Å²) in [5.41, 5.74) is 6.59. The third-order valence-electron chi connectivity index (χ3n) is 2.67. The first-order valence-corrected chi connectivity index (χ1v) is 5.85. The van der Waals surface area contributed by atoms with Gasteiger partial charge < -0.3 is 15.2 Å². The number of carbonyl (C=O) groups excluding carboxylic acids is 1. The van der Waals surface area contributed by atoms with E-state index >= 15 is 0 Å². The molecule has 0 bridgehead atoms. The van der Waals surface area contributed by atoms with Crippen LogP contribution in [0.25, 0.3) is 0 Å². The van der Waals surface area contributed by atoms with Crippen LogP contribution in [0.15, 0.2) is 48.5 Å². The summed E-state index contributed by atoms with van der Waals surface area (Å²) < 4.78 is 10.9. The summed E-state index contributed by atoms with van der Waals surface area (Å²) in [6.45, 7) is 0.349. The Morgan fingerprint density at radius 3 is 2.53 bits per heavy atom. The third kappa shape index (κ3) is 3.25. The normalized spacial score (nSPS) is 9.95. The molecule has 98 valence electrons. The number of methoxy groups -OCH3 is 1. The highest BCUT2D eigenvalue weighted by molar-refractivity contribution is 5.92. The fourth-order valence-electron chi connectivity index (χ4n) is 1.71. The molecule has 2 rings (SSSR count). The number of hydrogen-bond donors (Lipinski definition) is 1. The van der Waals surface area contributed by atoms with Gasteiger partial charge in [-0.15, -0.1) is 0 Å².